The van der Waals surface area contributed by atoms with E-state index in [2.05, 4.69) is 34.7 Å². The van der Waals surface area contributed by atoms with Gasteiger partial charge in [-0.2, -0.15) is 4.98 Å². The molecule has 11 heteroatoms. The monoisotopic (exact) mass is 528 g/mol. The largest absolute Gasteiger partial charge is 0.479 e. The Kier molecular flexibility index (Phi) is 8.11. The van der Waals surface area contributed by atoms with E-state index in [1.54, 1.807) is 24.3 Å². The molecular formula is C26H29ClN4O6. The van der Waals surface area contributed by atoms with Crippen molar-refractivity contribution in [3.63, 3.8) is 0 Å². The summed E-state index contributed by atoms with van der Waals surface area (Å²) in [5, 5.41) is 31.8. The number of ether oxygens (including phenoxy) is 2. The van der Waals surface area contributed by atoms with E-state index in [-0.39, 0.29) is 18.3 Å². The zero-order chi connectivity index (χ0) is 26.7. The van der Waals surface area contributed by atoms with Crippen molar-refractivity contribution in [3.8, 4) is 12.3 Å². The van der Waals surface area contributed by atoms with Gasteiger partial charge in [0.1, 0.15) is 17.7 Å². The first-order chi connectivity index (χ1) is 17.7. The fourth-order valence-corrected chi connectivity index (χ4v) is 4.50. The van der Waals surface area contributed by atoms with Gasteiger partial charge in [-0.15, -0.1) is 6.42 Å². The maximum Gasteiger partial charge on any atom is 0.333 e. The topological polar surface area (TPSA) is 140 Å². The third-order valence-corrected chi connectivity index (χ3v) is 6.88. The summed E-state index contributed by atoms with van der Waals surface area (Å²) in [6.07, 6.45) is 3.47. The zero-order valence-corrected chi connectivity index (χ0v) is 21.2. The van der Waals surface area contributed by atoms with Crippen LogP contribution in [0.4, 0.5) is 0 Å². The molecule has 0 saturated carbocycles. The molecule has 2 aromatic heterocycles. The first kappa shape index (κ1) is 27.0. The number of imidazole rings is 1. The minimum atomic E-state index is -2.16. The van der Waals surface area contributed by atoms with Gasteiger partial charge >= 0.3 is 5.97 Å². The van der Waals surface area contributed by atoms with Crippen molar-refractivity contribution < 1.29 is 29.6 Å². The summed E-state index contributed by atoms with van der Waals surface area (Å²) >= 11 is 6.19. The quantitative estimate of drug-likeness (QED) is 0.267. The summed E-state index contributed by atoms with van der Waals surface area (Å²) in [7, 11) is 0. The van der Waals surface area contributed by atoms with Crippen LogP contribution in [0, 0.1) is 18.3 Å². The predicted octanol–water partition coefficient (Wildman–Crippen LogP) is 2.40. The number of hydrogen-bond donors (Lipinski definition) is 3. The third-order valence-electron chi connectivity index (χ3n) is 6.71. The molecule has 1 unspecified atom stereocenters. The van der Waals surface area contributed by atoms with Gasteiger partial charge in [0.05, 0.1) is 18.6 Å². The highest BCUT2D eigenvalue weighted by atomic mass is 35.5. The maximum atomic E-state index is 11.8. The van der Waals surface area contributed by atoms with Gasteiger partial charge in [-0.3, -0.25) is 4.57 Å². The predicted molar refractivity (Wildman–Crippen MR) is 135 cm³/mol. The standard InChI is InChI=1S/C26H29ClN4O6/c1-4-15(3)11-17-20-22(30-25(27)29-17)31(14-28-20)23-21(32)26(35,5-2)19(37-23)13-36-18(24(33)34)12-16-9-7-6-8-10-16/h2,6-10,14-15,18-19,21,23,32,35H,4,11-13H2,1,3H3,(H,33,34)/t15-,18?,19+,21-,23+,26+/m0/s1. The molecule has 4 rings (SSSR count). The van der Waals surface area contributed by atoms with Crippen molar-refractivity contribution in [1.82, 2.24) is 19.5 Å². The molecule has 0 aliphatic carbocycles. The number of benzene rings is 1. The number of carbonyl (C=O) groups is 1. The Labute approximate surface area is 219 Å². The van der Waals surface area contributed by atoms with E-state index in [9.17, 15) is 20.1 Å². The van der Waals surface area contributed by atoms with E-state index in [1.807, 2.05) is 6.07 Å². The molecule has 1 aliphatic heterocycles. The van der Waals surface area contributed by atoms with Gasteiger partial charge in [0.25, 0.3) is 0 Å². The number of aromatic nitrogens is 4. The summed E-state index contributed by atoms with van der Waals surface area (Å²) in [6, 6.07) is 9.00. The number of carboxylic acid groups (broad SMARTS) is 1. The van der Waals surface area contributed by atoms with Crippen LogP contribution < -0.4 is 0 Å². The number of carboxylic acids is 1. The van der Waals surface area contributed by atoms with Crippen molar-refractivity contribution in [3.05, 3.63) is 53.2 Å². The zero-order valence-electron chi connectivity index (χ0n) is 20.5. The van der Waals surface area contributed by atoms with Crippen molar-refractivity contribution in [2.24, 2.45) is 5.92 Å². The second kappa shape index (κ2) is 11.1. The number of fused-ring (bicyclic) bond motifs is 1. The highest BCUT2D eigenvalue weighted by Gasteiger charge is 2.56. The maximum absolute atomic E-state index is 11.8. The van der Waals surface area contributed by atoms with E-state index in [1.165, 1.54) is 10.9 Å². The average Bonchev–Trinajstić information content (AvgIpc) is 3.41. The Morgan fingerprint density at radius 2 is 2.05 bits per heavy atom. The number of nitrogens with zero attached hydrogens (tertiary/aromatic N) is 4. The lowest BCUT2D eigenvalue weighted by molar-refractivity contribution is -0.156. The Morgan fingerprint density at radius 1 is 1.32 bits per heavy atom. The lowest BCUT2D eigenvalue weighted by Crippen LogP contribution is -2.48. The van der Waals surface area contributed by atoms with Crippen molar-refractivity contribution in [2.75, 3.05) is 6.61 Å². The summed E-state index contributed by atoms with van der Waals surface area (Å²) in [4.78, 5) is 24.8. The van der Waals surface area contributed by atoms with Crippen molar-refractivity contribution in [1.29, 1.82) is 0 Å². The Balaban J connectivity index is 1.58. The molecule has 0 bridgehead atoms. The molecule has 0 radical (unpaired) electrons. The number of aliphatic hydroxyl groups is 2. The van der Waals surface area contributed by atoms with Crippen LogP contribution in [-0.4, -0.2) is 71.3 Å². The number of rotatable bonds is 10. The first-order valence-electron chi connectivity index (χ1n) is 12.0. The number of aliphatic carboxylic acids is 1. The lowest BCUT2D eigenvalue weighted by Gasteiger charge is -2.26. The van der Waals surface area contributed by atoms with Gasteiger partial charge in [0.15, 0.2) is 23.6 Å². The summed E-state index contributed by atoms with van der Waals surface area (Å²) in [6.45, 7) is 3.78. The molecule has 3 aromatic rings. The fraction of sp³-hybridized carbons (Fsp3) is 0.462. The van der Waals surface area contributed by atoms with Crippen LogP contribution in [-0.2, 0) is 27.1 Å². The van der Waals surface area contributed by atoms with Crippen LogP contribution in [0.15, 0.2) is 36.7 Å². The Hall–Kier alpha value is -3.07. The number of terminal acetylenes is 1. The van der Waals surface area contributed by atoms with E-state index >= 15 is 0 Å². The smallest absolute Gasteiger partial charge is 0.333 e. The molecule has 3 heterocycles. The summed E-state index contributed by atoms with van der Waals surface area (Å²) < 4.78 is 13.0. The summed E-state index contributed by atoms with van der Waals surface area (Å²) in [5.41, 5.74) is 0.0805. The van der Waals surface area contributed by atoms with Crippen LogP contribution >= 0.6 is 11.6 Å². The van der Waals surface area contributed by atoms with Crippen molar-refractivity contribution in [2.45, 2.75) is 63.3 Å². The van der Waals surface area contributed by atoms with E-state index < -0.39 is 36.1 Å². The van der Waals surface area contributed by atoms with Crippen LogP contribution in [0.3, 0.4) is 0 Å². The lowest BCUT2D eigenvalue weighted by atomic mass is 9.93. The second-order valence-electron chi connectivity index (χ2n) is 9.26. The fourth-order valence-electron chi connectivity index (χ4n) is 4.31. The number of halogens is 1. The van der Waals surface area contributed by atoms with Gasteiger partial charge in [-0.1, -0.05) is 56.5 Å². The third kappa shape index (κ3) is 5.46. The average molecular weight is 529 g/mol. The van der Waals surface area contributed by atoms with Crippen LogP contribution in [0.1, 0.15) is 37.8 Å². The SMILES string of the molecule is C#C[C@@]1(O)[C@@H](COC(Cc2ccccc2)C(=O)O)O[C@@H](n2cnc3c(C[C@@H](C)CC)nc(Cl)nc32)[C@@H]1O. The molecule has 1 fully saturated rings. The van der Waals surface area contributed by atoms with E-state index in [4.69, 9.17) is 27.5 Å². The van der Waals surface area contributed by atoms with Crippen LogP contribution in [0.5, 0.6) is 0 Å². The summed E-state index contributed by atoms with van der Waals surface area (Å²) in [5.74, 6) is 1.36. The molecule has 1 saturated heterocycles. The number of aliphatic hydroxyl groups excluding tert-OH is 1. The number of hydrogen-bond acceptors (Lipinski definition) is 8. The van der Waals surface area contributed by atoms with Crippen LogP contribution in [0.2, 0.25) is 5.28 Å². The van der Waals surface area contributed by atoms with Gasteiger partial charge in [-0.05, 0) is 29.5 Å². The Morgan fingerprint density at radius 3 is 2.70 bits per heavy atom. The molecule has 0 spiro atoms. The van der Waals surface area contributed by atoms with Gasteiger partial charge < -0.3 is 24.8 Å². The second-order valence-corrected chi connectivity index (χ2v) is 9.60. The van der Waals surface area contributed by atoms with Crippen LogP contribution in [0.25, 0.3) is 11.2 Å². The van der Waals surface area contributed by atoms with Gasteiger partial charge in [0, 0.05) is 6.42 Å². The van der Waals surface area contributed by atoms with Gasteiger partial charge in [0.2, 0.25) is 5.28 Å². The van der Waals surface area contributed by atoms with E-state index in [0.717, 1.165) is 12.0 Å². The minimum absolute atomic E-state index is 0.0114. The molecule has 10 nitrogen and oxygen atoms in total. The highest BCUT2D eigenvalue weighted by Crippen LogP contribution is 2.39. The normalized spacial score (nSPS) is 25.1. The minimum Gasteiger partial charge on any atom is -0.479 e. The molecular weight excluding hydrogens is 500 g/mol. The molecule has 37 heavy (non-hydrogen) atoms. The molecule has 1 aliphatic rings. The molecule has 1 aromatic carbocycles. The molecule has 3 N–H and O–H groups in total. The van der Waals surface area contributed by atoms with Gasteiger partial charge in [-0.25, -0.2) is 14.8 Å². The van der Waals surface area contributed by atoms with Crippen molar-refractivity contribution >= 4 is 28.7 Å². The molecule has 6 atom stereocenters. The molecule has 0 amide bonds. The Bertz CT molecular complexity index is 1300. The first-order valence-corrected chi connectivity index (χ1v) is 12.4. The van der Waals surface area contributed by atoms with E-state index in [0.29, 0.717) is 29.2 Å². The molecule has 196 valence electrons. The highest BCUT2D eigenvalue weighted by molar-refractivity contribution is 6.28.